The van der Waals surface area contributed by atoms with Gasteiger partial charge in [0.1, 0.15) is 0 Å². The molecule has 2 atom stereocenters. The Bertz CT molecular complexity index is 317. The van der Waals surface area contributed by atoms with Gasteiger partial charge in [-0.3, -0.25) is 0 Å². The van der Waals surface area contributed by atoms with Gasteiger partial charge in [0.25, 0.3) is 0 Å². The molecular weight excluding hydrogens is 160 g/mol. The molecule has 70 valence electrons. The summed E-state index contributed by atoms with van der Waals surface area (Å²) in [5, 5.41) is 0. The quantitative estimate of drug-likeness (QED) is 0.590. The minimum absolute atomic E-state index is 0.357. The lowest BCUT2D eigenvalue weighted by atomic mass is 9.89. The molecule has 0 fully saturated rings. The van der Waals surface area contributed by atoms with Crippen molar-refractivity contribution in [2.75, 3.05) is 0 Å². The Morgan fingerprint density at radius 1 is 1.31 bits per heavy atom. The van der Waals surface area contributed by atoms with Crippen LogP contribution < -0.4 is 0 Å². The van der Waals surface area contributed by atoms with Gasteiger partial charge in [0.15, 0.2) is 0 Å². The molecule has 1 aromatic rings. The zero-order chi connectivity index (χ0) is 9.42. The molecule has 0 N–H and O–H groups in total. The molecule has 0 aromatic heterocycles. The minimum atomic E-state index is 0.357. The Kier molecular flexibility index (Phi) is 2.12. The topological polar surface area (TPSA) is 9.23 Å². The molecule has 0 radical (unpaired) electrons. The molecule has 2 rings (SSSR count). The molecule has 1 nitrogen and oxygen atoms in total. The second-order valence-corrected chi connectivity index (χ2v) is 4.01. The summed E-state index contributed by atoms with van der Waals surface area (Å²) >= 11 is 0. The number of ether oxygens (including phenoxy) is 1. The van der Waals surface area contributed by atoms with Crippen molar-refractivity contribution in [2.24, 2.45) is 0 Å². The van der Waals surface area contributed by atoms with Gasteiger partial charge in [0.2, 0.25) is 0 Å². The molecule has 1 aromatic carbocycles. The van der Waals surface area contributed by atoms with Crippen LogP contribution in [0.2, 0.25) is 0 Å². The van der Waals surface area contributed by atoms with Gasteiger partial charge in [-0.25, -0.2) is 0 Å². The molecule has 13 heavy (non-hydrogen) atoms. The van der Waals surface area contributed by atoms with Gasteiger partial charge >= 0.3 is 0 Å². The maximum absolute atomic E-state index is 5.67. The van der Waals surface area contributed by atoms with Crippen LogP contribution in [0.1, 0.15) is 36.5 Å². The highest BCUT2D eigenvalue weighted by molar-refractivity contribution is 5.35. The maximum atomic E-state index is 5.67. The first-order valence-electron chi connectivity index (χ1n) is 4.89. The van der Waals surface area contributed by atoms with E-state index < -0.39 is 0 Å². The van der Waals surface area contributed by atoms with Crippen molar-refractivity contribution in [1.29, 1.82) is 0 Å². The molecule has 0 saturated heterocycles. The van der Waals surface area contributed by atoms with E-state index in [-0.39, 0.29) is 0 Å². The number of rotatable bonds is 0. The molecule has 1 aliphatic rings. The van der Waals surface area contributed by atoms with Crippen molar-refractivity contribution in [1.82, 2.24) is 0 Å². The Morgan fingerprint density at radius 2 is 2.08 bits per heavy atom. The molecule has 0 amide bonds. The number of fused-ring (bicyclic) bond motifs is 1. The van der Waals surface area contributed by atoms with E-state index in [0.29, 0.717) is 12.0 Å². The van der Waals surface area contributed by atoms with Gasteiger partial charge in [0.05, 0.1) is 12.7 Å². The third kappa shape index (κ3) is 1.49. The monoisotopic (exact) mass is 176 g/mol. The summed E-state index contributed by atoms with van der Waals surface area (Å²) in [5.74, 6) is 0.532. The Morgan fingerprint density at radius 3 is 2.85 bits per heavy atom. The van der Waals surface area contributed by atoms with Crippen LogP contribution >= 0.6 is 0 Å². The summed E-state index contributed by atoms with van der Waals surface area (Å²) < 4.78 is 5.67. The minimum Gasteiger partial charge on any atom is -0.373 e. The van der Waals surface area contributed by atoms with E-state index in [0.717, 1.165) is 6.61 Å². The van der Waals surface area contributed by atoms with Gasteiger partial charge in [-0.05, 0) is 25.0 Å². The van der Waals surface area contributed by atoms with E-state index in [1.165, 1.54) is 16.7 Å². The van der Waals surface area contributed by atoms with Crippen LogP contribution in [0.3, 0.4) is 0 Å². The highest BCUT2D eigenvalue weighted by atomic mass is 16.5. The zero-order valence-electron chi connectivity index (χ0n) is 8.50. The fourth-order valence-corrected chi connectivity index (χ4v) is 1.92. The number of hydrogen-bond donors (Lipinski definition) is 0. The summed E-state index contributed by atoms with van der Waals surface area (Å²) in [4.78, 5) is 0. The summed E-state index contributed by atoms with van der Waals surface area (Å²) in [5.41, 5.74) is 4.15. The molecule has 1 heteroatoms. The molecule has 0 aliphatic carbocycles. The van der Waals surface area contributed by atoms with Crippen LogP contribution in [0.4, 0.5) is 0 Å². The second-order valence-electron chi connectivity index (χ2n) is 4.01. The van der Waals surface area contributed by atoms with Gasteiger partial charge in [-0.2, -0.15) is 0 Å². The zero-order valence-corrected chi connectivity index (χ0v) is 8.50. The smallest absolute Gasteiger partial charge is 0.0723 e. The molecule has 0 bridgehead atoms. The summed E-state index contributed by atoms with van der Waals surface area (Å²) in [6, 6.07) is 6.67. The maximum Gasteiger partial charge on any atom is 0.0723 e. The lowest BCUT2D eigenvalue weighted by Crippen LogP contribution is -2.23. The molecule has 0 spiro atoms. The fraction of sp³-hybridized carbons (Fsp3) is 0.500. The van der Waals surface area contributed by atoms with Crippen molar-refractivity contribution in [2.45, 2.75) is 39.4 Å². The third-order valence-electron chi connectivity index (χ3n) is 2.99. The predicted octanol–water partition coefficient (Wildman–Crippen LogP) is 3.02. The average Bonchev–Trinajstić information content (AvgIpc) is 2.12. The van der Waals surface area contributed by atoms with E-state index in [9.17, 15) is 0 Å². The molecule has 1 unspecified atom stereocenters. The predicted molar refractivity (Wildman–Crippen MR) is 53.8 cm³/mol. The van der Waals surface area contributed by atoms with Gasteiger partial charge in [0, 0.05) is 5.92 Å². The lowest BCUT2D eigenvalue weighted by Gasteiger charge is -2.29. The lowest BCUT2D eigenvalue weighted by molar-refractivity contribution is 0.0241. The van der Waals surface area contributed by atoms with Crippen molar-refractivity contribution < 1.29 is 4.74 Å². The first-order valence-corrected chi connectivity index (χ1v) is 4.89. The van der Waals surface area contributed by atoms with Gasteiger partial charge < -0.3 is 4.74 Å². The molecule has 1 heterocycles. The Hall–Kier alpha value is -0.820. The summed E-state index contributed by atoms with van der Waals surface area (Å²) in [7, 11) is 0. The number of benzene rings is 1. The highest BCUT2D eigenvalue weighted by Crippen LogP contribution is 2.31. The van der Waals surface area contributed by atoms with Crippen LogP contribution in [-0.2, 0) is 11.3 Å². The van der Waals surface area contributed by atoms with Crippen LogP contribution in [0.5, 0.6) is 0 Å². The SMILES string of the molecule is Cc1ccc2c(c1)CO[C@H](C)C2C. The average molecular weight is 176 g/mol. The van der Waals surface area contributed by atoms with Crippen LogP contribution in [0.15, 0.2) is 18.2 Å². The largest absolute Gasteiger partial charge is 0.373 e. The summed E-state index contributed by atoms with van der Waals surface area (Å²) in [6.45, 7) is 7.29. The second kappa shape index (κ2) is 3.15. The van der Waals surface area contributed by atoms with Crippen molar-refractivity contribution in [3.8, 4) is 0 Å². The van der Waals surface area contributed by atoms with E-state index >= 15 is 0 Å². The molecular formula is C12H16O. The fourth-order valence-electron chi connectivity index (χ4n) is 1.92. The first kappa shape index (κ1) is 8.76. The Balaban J connectivity index is 2.44. The molecule has 1 aliphatic heterocycles. The van der Waals surface area contributed by atoms with Crippen LogP contribution in [0, 0.1) is 6.92 Å². The van der Waals surface area contributed by atoms with E-state index in [2.05, 4.69) is 39.0 Å². The first-order chi connectivity index (χ1) is 6.18. The van der Waals surface area contributed by atoms with Crippen molar-refractivity contribution in [3.63, 3.8) is 0 Å². The number of aryl methyl sites for hydroxylation is 1. The van der Waals surface area contributed by atoms with Gasteiger partial charge in [-0.1, -0.05) is 30.7 Å². The van der Waals surface area contributed by atoms with Crippen LogP contribution in [0.25, 0.3) is 0 Å². The highest BCUT2D eigenvalue weighted by Gasteiger charge is 2.22. The van der Waals surface area contributed by atoms with E-state index in [1.807, 2.05) is 0 Å². The normalized spacial score (nSPS) is 27.0. The summed E-state index contributed by atoms with van der Waals surface area (Å²) in [6.07, 6.45) is 0.357. The molecule has 0 saturated carbocycles. The van der Waals surface area contributed by atoms with Crippen LogP contribution in [-0.4, -0.2) is 6.10 Å². The van der Waals surface area contributed by atoms with Crippen molar-refractivity contribution >= 4 is 0 Å². The standard InChI is InChI=1S/C12H16O/c1-8-4-5-12-9(2)10(3)13-7-11(12)6-8/h4-6,9-10H,7H2,1-3H3/t9?,10-/m1/s1. The Labute approximate surface area is 79.7 Å². The van der Waals surface area contributed by atoms with Crippen molar-refractivity contribution in [3.05, 3.63) is 34.9 Å². The third-order valence-corrected chi connectivity index (χ3v) is 2.99. The number of hydrogen-bond acceptors (Lipinski definition) is 1. The van der Waals surface area contributed by atoms with E-state index in [4.69, 9.17) is 4.74 Å². The van der Waals surface area contributed by atoms with Gasteiger partial charge in [-0.15, -0.1) is 0 Å². The van der Waals surface area contributed by atoms with E-state index in [1.54, 1.807) is 0 Å².